The Morgan fingerprint density at radius 1 is 1.35 bits per heavy atom. The minimum atomic E-state index is 0.789. The molecule has 17 heavy (non-hydrogen) atoms. The molecule has 1 saturated carbocycles. The van der Waals surface area contributed by atoms with Crippen LogP contribution in [-0.2, 0) is 0 Å². The first-order chi connectivity index (χ1) is 8.42. The quantitative estimate of drug-likeness (QED) is 0.869. The Kier molecular flexibility index (Phi) is 2.73. The third-order valence-corrected chi connectivity index (χ3v) is 3.22. The number of nitrogens with zero attached hydrogens (tertiary/aromatic N) is 4. The molecule has 0 aliphatic heterocycles. The van der Waals surface area contributed by atoms with Crippen LogP contribution < -0.4 is 5.32 Å². The van der Waals surface area contributed by atoms with Crippen LogP contribution in [-0.4, -0.2) is 26.3 Å². The summed E-state index contributed by atoms with van der Waals surface area (Å²) in [5.41, 5.74) is 1.07. The van der Waals surface area contributed by atoms with Gasteiger partial charge in [0.1, 0.15) is 12.7 Å². The summed E-state index contributed by atoms with van der Waals surface area (Å²) in [6.45, 7) is 1.06. The molecular weight excluding hydrogens is 214 g/mol. The Hall–Kier alpha value is -1.91. The number of hydrogen-bond donors (Lipinski definition) is 1. The molecule has 2 heterocycles. The molecule has 0 radical (unpaired) electrons. The predicted octanol–water partition coefficient (Wildman–Crippen LogP) is 1.87. The van der Waals surface area contributed by atoms with Crippen LogP contribution >= 0.6 is 0 Å². The van der Waals surface area contributed by atoms with Crippen LogP contribution in [0.4, 0.5) is 5.69 Å². The van der Waals surface area contributed by atoms with Gasteiger partial charge in [0, 0.05) is 6.54 Å². The second-order valence-electron chi connectivity index (χ2n) is 4.42. The van der Waals surface area contributed by atoms with E-state index in [1.54, 1.807) is 11.0 Å². The lowest BCUT2D eigenvalue weighted by Crippen LogP contribution is -2.20. The zero-order valence-corrected chi connectivity index (χ0v) is 9.58. The number of aromatic nitrogens is 4. The van der Waals surface area contributed by atoms with Crippen LogP contribution in [0.1, 0.15) is 19.3 Å². The van der Waals surface area contributed by atoms with Gasteiger partial charge >= 0.3 is 0 Å². The molecule has 5 nitrogen and oxygen atoms in total. The average Bonchev–Trinajstić information content (AvgIpc) is 2.81. The van der Waals surface area contributed by atoms with Crippen LogP contribution in [0.3, 0.4) is 0 Å². The lowest BCUT2D eigenvalue weighted by molar-refractivity contribution is 0.333. The highest BCUT2D eigenvalue weighted by Gasteiger charge is 2.16. The molecule has 1 N–H and O–H groups in total. The van der Waals surface area contributed by atoms with Gasteiger partial charge in [0.2, 0.25) is 0 Å². The third-order valence-electron chi connectivity index (χ3n) is 3.22. The van der Waals surface area contributed by atoms with E-state index in [9.17, 15) is 0 Å². The lowest BCUT2D eigenvalue weighted by Gasteiger charge is -2.25. The second-order valence-corrected chi connectivity index (χ2v) is 4.42. The van der Waals surface area contributed by atoms with Crippen LogP contribution in [0.25, 0.3) is 5.82 Å². The van der Waals surface area contributed by atoms with Crippen molar-refractivity contribution in [3.63, 3.8) is 0 Å². The summed E-state index contributed by atoms with van der Waals surface area (Å²) in [5, 5.41) is 7.45. The Morgan fingerprint density at radius 3 is 2.88 bits per heavy atom. The van der Waals surface area contributed by atoms with Gasteiger partial charge in [-0.3, -0.25) is 0 Å². The van der Waals surface area contributed by atoms with E-state index in [-0.39, 0.29) is 0 Å². The highest BCUT2D eigenvalue weighted by atomic mass is 15.3. The third kappa shape index (κ3) is 2.27. The lowest BCUT2D eigenvalue weighted by atomic mass is 9.85. The predicted molar refractivity (Wildman–Crippen MR) is 65.0 cm³/mol. The number of rotatable bonds is 4. The van der Waals surface area contributed by atoms with Crippen molar-refractivity contribution in [2.45, 2.75) is 19.3 Å². The first-order valence-corrected chi connectivity index (χ1v) is 5.97. The minimum Gasteiger partial charge on any atom is -0.384 e. The SMILES string of the molecule is c1ncn(-c2ccc(NCC3CCC3)cn2)n1. The summed E-state index contributed by atoms with van der Waals surface area (Å²) in [6.07, 6.45) is 9.09. The normalized spacial score (nSPS) is 15.5. The molecule has 0 aromatic carbocycles. The van der Waals surface area contributed by atoms with Crippen molar-refractivity contribution in [1.82, 2.24) is 19.7 Å². The van der Waals surface area contributed by atoms with Gasteiger partial charge in [-0.05, 0) is 30.9 Å². The van der Waals surface area contributed by atoms with Gasteiger partial charge in [0.25, 0.3) is 0 Å². The summed E-state index contributed by atoms with van der Waals surface area (Å²) in [6, 6.07) is 3.97. The van der Waals surface area contributed by atoms with E-state index < -0.39 is 0 Å². The largest absolute Gasteiger partial charge is 0.384 e. The number of nitrogens with one attached hydrogen (secondary N) is 1. The van der Waals surface area contributed by atoms with Crippen molar-refractivity contribution >= 4 is 5.69 Å². The Bertz CT molecular complexity index is 458. The first-order valence-electron chi connectivity index (χ1n) is 5.97. The van der Waals surface area contributed by atoms with E-state index in [0.29, 0.717) is 0 Å². The van der Waals surface area contributed by atoms with E-state index in [1.807, 2.05) is 18.3 Å². The molecule has 0 unspecified atom stereocenters. The van der Waals surface area contributed by atoms with Gasteiger partial charge in [0.05, 0.1) is 11.9 Å². The molecule has 0 atom stereocenters. The smallest absolute Gasteiger partial charge is 0.155 e. The first kappa shape index (κ1) is 10.3. The van der Waals surface area contributed by atoms with Gasteiger partial charge in [-0.2, -0.15) is 5.10 Å². The minimum absolute atomic E-state index is 0.789. The van der Waals surface area contributed by atoms with Gasteiger partial charge in [-0.1, -0.05) is 6.42 Å². The Labute approximate surface area is 99.9 Å². The molecule has 2 aromatic heterocycles. The fourth-order valence-electron chi connectivity index (χ4n) is 1.91. The van der Waals surface area contributed by atoms with Gasteiger partial charge in [-0.25, -0.2) is 14.6 Å². The summed E-state index contributed by atoms with van der Waals surface area (Å²) in [4.78, 5) is 8.24. The standard InChI is InChI=1S/C12H15N5/c1-2-10(3-1)6-14-11-4-5-12(15-7-11)17-9-13-8-16-17/h4-5,7-10,14H,1-3,6H2. The van der Waals surface area contributed by atoms with Crippen molar-refractivity contribution in [3.05, 3.63) is 31.0 Å². The second kappa shape index (κ2) is 4.53. The molecule has 5 heteroatoms. The molecular formula is C12H15N5. The molecule has 1 fully saturated rings. The summed E-state index contributed by atoms with van der Waals surface area (Å²) in [5.74, 6) is 1.64. The maximum Gasteiger partial charge on any atom is 0.155 e. The molecule has 1 aliphatic rings. The summed E-state index contributed by atoms with van der Waals surface area (Å²) in [7, 11) is 0. The van der Waals surface area contributed by atoms with Gasteiger partial charge in [-0.15, -0.1) is 0 Å². The van der Waals surface area contributed by atoms with Crippen molar-refractivity contribution < 1.29 is 0 Å². The zero-order valence-electron chi connectivity index (χ0n) is 9.58. The maximum absolute atomic E-state index is 4.34. The number of hydrogen-bond acceptors (Lipinski definition) is 4. The topological polar surface area (TPSA) is 55.6 Å². The molecule has 1 aliphatic carbocycles. The van der Waals surface area contributed by atoms with E-state index >= 15 is 0 Å². The monoisotopic (exact) mass is 229 g/mol. The van der Waals surface area contributed by atoms with Crippen molar-refractivity contribution in [2.75, 3.05) is 11.9 Å². The molecule has 2 aromatic rings. The van der Waals surface area contributed by atoms with Gasteiger partial charge < -0.3 is 5.32 Å². The number of anilines is 1. The molecule has 3 rings (SSSR count). The van der Waals surface area contributed by atoms with Gasteiger partial charge in [0.15, 0.2) is 5.82 Å². The van der Waals surface area contributed by atoms with Crippen LogP contribution in [0.5, 0.6) is 0 Å². The Balaban J connectivity index is 1.63. The fourth-order valence-corrected chi connectivity index (χ4v) is 1.91. The van der Waals surface area contributed by atoms with E-state index in [2.05, 4.69) is 20.4 Å². The van der Waals surface area contributed by atoms with E-state index in [1.165, 1.54) is 25.6 Å². The fraction of sp³-hybridized carbons (Fsp3) is 0.417. The zero-order chi connectivity index (χ0) is 11.5. The summed E-state index contributed by atoms with van der Waals surface area (Å²) >= 11 is 0. The average molecular weight is 229 g/mol. The molecule has 0 bridgehead atoms. The maximum atomic E-state index is 4.34. The van der Waals surface area contributed by atoms with Crippen molar-refractivity contribution in [2.24, 2.45) is 5.92 Å². The van der Waals surface area contributed by atoms with Crippen molar-refractivity contribution in [1.29, 1.82) is 0 Å². The molecule has 88 valence electrons. The molecule has 0 saturated heterocycles. The number of pyridine rings is 1. The van der Waals surface area contributed by atoms with Crippen LogP contribution in [0, 0.1) is 5.92 Å². The highest BCUT2D eigenvalue weighted by Crippen LogP contribution is 2.26. The summed E-state index contributed by atoms with van der Waals surface area (Å²) < 4.78 is 1.65. The van der Waals surface area contributed by atoms with Crippen molar-refractivity contribution in [3.8, 4) is 5.82 Å². The highest BCUT2D eigenvalue weighted by molar-refractivity contribution is 5.43. The molecule has 0 spiro atoms. The Morgan fingerprint density at radius 2 is 2.29 bits per heavy atom. The van der Waals surface area contributed by atoms with E-state index in [0.717, 1.165) is 24.0 Å². The van der Waals surface area contributed by atoms with Crippen LogP contribution in [0.15, 0.2) is 31.0 Å². The molecule has 0 amide bonds. The van der Waals surface area contributed by atoms with E-state index in [4.69, 9.17) is 0 Å². The van der Waals surface area contributed by atoms with Crippen LogP contribution in [0.2, 0.25) is 0 Å².